The molecular weight excluding hydrogens is 416 g/mol. The number of hydrogen-bond acceptors (Lipinski definition) is 5. The molecule has 1 aliphatic rings. The van der Waals surface area contributed by atoms with Gasteiger partial charge in [-0.25, -0.2) is 0 Å². The number of hydrogen-bond donors (Lipinski definition) is 1. The maximum atomic E-state index is 12.3. The Labute approximate surface area is 188 Å². The summed E-state index contributed by atoms with van der Waals surface area (Å²) in [6, 6.07) is 10.7. The van der Waals surface area contributed by atoms with Crippen molar-refractivity contribution >= 4 is 34.7 Å². The van der Waals surface area contributed by atoms with Gasteiger partial charge in [-0.05, 0) is 69.0 Å². The SMILES string of the molecule is COc1cc(C(C)=O)ccc1OCCCC(=O)Nc1ccc(N2CCCCC2)c(Cl)c1. The molecule has 7 heteroatoms. The molecule has 0 bridgehead atoms. The zero-order valence-corrected chi connectivity index (χ0v) is 18.8. The number of Topliss-reactive ketones (excluding diaryl/α,β-unsaturated/α-hetero) is 1. The molecule has 1 heterocycles. The number of piperidine rings is 1. The van der Waals surface area contributed by atoms with E-state index in [0.717, 1.165) is 18.8 Å². The standard InChI is InChI=1S/C24H29ClN2O4/c1-17(28)18-8-11-22(23(15-18)30-2)31-14-6-7-24(29)26-19-9-10-21(20(25)16-19)27-12-4-3-5-13-27/h8-11,15-16H,3-7,12-14H2,1-2H3,(H,26,29). The van der Waals surface area contributed by atoms with E-state index in [0.29, 0.717) is 47.2 Å². The van der Waals surface area contributed by atoms with Crippen LogP contribution in [0.5, 0.6) is 11.5 Å². The first-order valence-electron chi connectivity index (χ1n) is 10.6. The smallest absolute Gasteiger partial charge is 0.224 e. The number of rotatable bonds is 9. The lowest BCUT2D eigenvalue weighted by Gasteiger charge is -2.29. The molecule has 0 aromatic heterocycles. The van der Waals surface area contributed by atoms with Crippen molar-refractivity contribution in [3.8, 4) is 11.5 Å². The van der Waals surface area contributed by atoms with Gasteiger partial charge in [0.15, 0.2) is 17.3 Å². The van der Waals surface area contributed by atoms with Gasteiger partial charge in [0.1, 0.15) is 0 Å². The number of methoxy groups -OCH3 is 1. The lowest BCUT2D eigenvalue weighted by atomic mass is 10.1. The normalized spacial score (nSPS) is 13.6. The molecule has 0 spiro atoms. The molecule has 0 saturated carbocycles. The second kappa shape index (κ2) is 11.0. The minimum Gasteiger partial charge on any atom is -0.493 e. The maximum absolute atomic E-state index is 12.3. The molecule has 0 radical (unpaired) electrons. The highest BCUT2D eigenvalue weighted by molar-refractivity contribution is 6.33. The number of carbonyl (C=O) groups is 2. The van der Waals surface area contributed by atoms with Crippen molar-refractivity contribution in [3.05, 3.63) is 47.0 Å². The number of amides is 1. The summed E-state index contributed by atoms with van der Waals surface area (Å²) in [5.74, 6) is 0.920. The molecule has 0 aliphatic carbocycles. The van der Waals surface area contributed by atoms with Crippen LogP contribution in [-0.4, -0.2) is 38.5 Å². The maximum Gasteiger partial charge on any atom is 0.224 e. The molecule has 1 aliphatic heterocycles. The van der Waals surface area contributed by atoms with Gasteiger partial charge in [0.05, 0.1) is 24.4 Å². The minimum atomic E-state index is -0.0933. The second-order valence-electron chi connectivity index (χ2n) is 7.64. The van der Waals surface area contributed by atoms with Crippen LogP contribution in [0.2, 0.25) is 5.02 Å². The monoisotopic (exact) mass is 444 g/mol. The van der Waals surface area contributed by atoms with Crippen LogP contribution in [0.3, 0.4) is 0 Å². The van der Waals surface area contributed by atoms with E-state index in [1.165, 1.54) is 33.3 Å². The number of nitrogens with one attached hydrogen (secondary N) is 1. The fourth-order valence-electron chi connectivity index (χ4n) is 3.62. The number of halogens is 1. The van der Waals surface area contributed by atoms with Gasteiger partial charge in [-0.1, -0.05) is 11.6 Å². The summed E-state index contributed by atoms with van der Waals surface area (Å²) in [6.45, 7) is 3.90. The molecule has 1 amide bonds. The van der Waals surface area contributed by atoms with Crippen LogP contribution in [-0.2, 0) is 4.79 Å². The Hall–Kier alpha value is -2.73. The third kappa shape index (κ3) is 6.37. The molecule has 1 saturated heterocycles. The van der Waals surface area contributed by atoms with Crippen molar-refractivity contribution in [1.82, 2.24) is 0 Å². The molecular formula is C24H29ClN2O4. The topological polar surface area (TPSA) is 67.9 Å². The molecule has 1 fully saturated rings. The predicted octanol–water partition coefficient (Wildman–Crippen LogP) is 5.34. The van der Waals surface area contributed by atoms with Crippen LogP contribution in [0, 0.1) is 0 Å². The van der Waals surface area contributed by atoms with Crippen LogP contribution >= 0.6 is 11.6 Å². The first-order chi connectivity index (χ1) is 15.0. The van der Waals surface area contributed by atoms with Crippen molar-refractivity contribution < 1.29 is 19.1 Å². The fraction of sp³-hybridized carbons (Fsp3) is 0.417. The Bertz CT molecular complexity index is 926. The third-order valence-electron chi connectivity index (χ3n) is 5.30. The molecule has 3 rings (SSSR count). The zero-order chi connectivity index (χ0) is 22.2. The number of ether oxygens (including phenoxy) is 2. The van der Waals surface area contributed by atoms with E-state index in [1.807, 2.05) is 12.1 Å². The highest BCUT2D eigenvalue weighted by Crippen LogP contribution is 2.31. The van der Waals surface area contributed by atoms with Crippen LogP contribution in [0.25, 0.3) is 0 Å². The summed E-state index contributed by atoms with van der Waals surface area (Å²) >= 11 is 6.45. The molecule has 31 heavy (non-hydrogen) atoms. The average molecular weight is 445 g/mol. The van der Waals surface area contributed by atoms with Gasteiger partial charge in [-0.2, -0.15) is 0 Å². The van der Waals surface area contributed by atoms with Gasteiger partial charge in [-0.15, -0.1) is 0 Å². The quantitative estimate of drug-likeness (QED) is 0.417. The summed E-state index contributed by atoms with van der Waals surface area (Å²) in [5.41, 5.74) is 2.28. The lowest BCUT2D eigenvalue weighted by Crippen LogP contribution is -2.29. The number of benzene rings is 2. The first kappa shape index (κ1) is 22.9. The largest absolute Gasteiger partial charge is 0.493 e. The molecule has 6 nitrogen and oxygen atoms in total. The van der Waals surface area contributed by atoms with Gasteiger partial charge in [0.25, 0.3) is 0 Å². The van der Waals surface area contributed by atoms with Crippen molar-refractivity contribution in [2.45, 2.75) is 39.0 Å². The van der Waals surface area contributed by atoms with Crippen molar-refractivity contribution in [3.63, 3.8) is 0 Å². The van der Waals surface area contributed by atoms with Crippen LogP contribution < -0.4 is 19.7 Å². The molecule has 166 valence electrons. The van der Waals surface area contributed by atoms with E-state index >= 15 is 0 Å². The Kier molecular flexibility index (Phi) is 8.18. The third-order valence-corrected chi connectivity index (χ3v) is 5.61. The zero-order valence-electron chi connectivity index (χ0n) is 18.1. The average Bonchev–Trinajstić information content (AvgIpc) is 2.77. The van der Waals surface area contributed by atoms with E-state index in [-0.39, 0.29) is 11.7 Å². The van der Waals surface area contributed by atoms with Crippen LogP contribution in [0.4, 0.5) is 11.4 Å². The predicted molar refractivity (Wildman–Crippen MR) is 124 cm³/mol. The van der Waals surface area contributed by atoms with Crippen molar-refractivity contribution in [2.24, 2.45) is 0 Å². The molecule has 0 atom stereocenters. The van der Waals surface area contributed by atoms with Crippen molar-refractivity contribution in [2.75, 3.05) is 37.0 Å². The van der Waals surface area contributed by atoms with Gasteiger partial charge in [-0.3, -0.25) is 9.59 Å². The fourth-order valence-corrected chi connectivity index (χ4v) is 3.92. The Morgan fingerprint density at radius 1 is 1.06 bits per heavy atom. The van der Waals surface area contributed by atoms with Gasteiger partial charge >= 0.3 is 0 Å². The van der Waals surface area contributed by atoms with E-state index < -0.39 is 0 Å². The number of ketones is 1. The van der Waals surface area contributed by atoms with Gasteiger partial charge in [0.2, 0.25) is 5.91 Å². The number of nitrogens with zero attached hydrogens (tertiary/aromatic N) is 1. The van der Waals surface area contributed by atoms with Gasteiger partial charge < -0.3 is 19.7 Å². The summed E-state index contributed by atoms with van der Waals surface area (Å²) in [5, 5.41) is 3.55. The molecule has 2 aromatic rings. The highest BCUT2D eigenvalue weighted by Gasteiger charge is 2.15. The summed E-state index contributed by atoms with van der Waals surface area (Å²) < 4.78 is 11.0. The summed E-state index contributed by atoms with van der Waals surface area (Å²) in [7, 11) is 1.53. The number of carbonyl (C=O) groups excluding carboxylic acids is 2. The summed E-state index contributed by atoms with van der Waals surface area (Å²) in [4.78, 5) is 26.1. The van der Waals surface area contributed by atoms with Crippen molar-refractivity contribution in [1.29, 1.82) is 0 Å². The molecule has 2 aromatic carbocycles. The van der Waals surface area contributed by atoms with Crippen LogP contribution in [0.1, 0.15) is 49.4 Å². The van der Waals surface area contributed by atoms with E-state index in [2.05, 4.69) is 10.2 Å². The molecule has 0 unspecified atom stereocenters. The number of anilines is 2. The van der Waals surface area contributed by atoms with E-state index in [4.69, 9.17) is 21.1 Å². The lowest BCUT2D eigenvalue weighted by molar-refractivity contribution is -0.116. The summed E-state index contributed by atoms with van der Waals surface area (Å²) in [6.07, 6.45) is 4.50. The van der Waals surface area contributed by atoms with Crippen LogP contribution in [0.15, 0.2) is 36.4 Å². The Balaban J connectivity index is 1.46. The Morgan fingerprint density at radius 2 is 1.84 bits per heavy atom. The van der Waals surface area contributed by atoms with Gasteiger partial charge in [0, 0.05) is 30.8 Å². The highest BCUT2D eigenvalue weighted by atomic mass is 35.5. The Morgan fingerprint density at radius 3 is 2.52 bits per heavy atom. The van der Waals surface area contributed by atoms with E-state index in [1.54, 1.807) is 24.3 Å². The van der Waals surface area contributed by atoms with E-state index in [9.17, 15) is 9.59 Å². The minimum absolute atomic E-state index is 0.0365. The second-order valence-corrected chi connectivity index (χ2v) is 8.04. The first-order valence-corrected chi connectivity index (χ1v) is 11.0. The molecule has 1 N–H and O–H groups in total.